The van der Waals surface area contributed by atoms with Gasteiger partial charge < -0.3 is 0 Å². The molecule has 1 aromatic heterocycles. The van der Waals surface area contributed by atoms with Crippen LogP contribution >= 0.6 is 0 Å². The topological polar surface area (TPSA) is 25.8 Å². The van der Waals surface area contributed by atoms with E-state index < -0.39 is 0 Å². The molecule has 1 heterocycles. The van der Waals surface area contributed by atoms with Crippen LogP contribution in [-0.4, -0.2) is 9.97 Å². The number of hydrogen-bond donors (Lipinski definition) is 0. The highest BCUT2D eigenvalue weighted by atomic mass is 14.8. The molecule has 0 aliphatic heterocycles. The predicted molar refractivity (Wildman–Crippen MR) is 80.4 cm³/mol. The molecule has 0 atom stereocenters. The second kappa shape index (κ2) is 5.52. The smallest absolute Gasteiger partial charge is 0.115 e. The summed E-state index contributed by atoms with van der Waals surface area (Å²) in [5.74, 6) is 1.06. The SMILES string of the molecule is Cc1c(C(C)C)cc(-c2cncnc2)cc1C(C)C. The standard InChI is InChI=1S/C17H22N2/c1-11(2)16-6-14(15-8-18-10-19-9-15)7-17(12(3)4)13(16)5/h6-12H,1-5H3. The molecule has 0 amide bonds. The predicted octanol–water partition coefficient (Wildman–Crippen LogP) is 4.70. The third-order valence-electron chi connectivity index (χ3n) is 3.63. The van der Waals surface area contributed by atoms with Crippen molar-refractivity contribution in [2.24, 2.45) is 0 Å². The van der Waals surface area contributed by atoms with Crippen LogP contribution in [0.1, 0.15) is 56.2 Å². The fourth-order valence-corrected chi connectivity index (χ4v) is 2.57. The molecule has 0 N–H and O–H groups in total. The van der Waals surface area contributed by atoms with E-state index in [-0.39, 0.29) is 0 Å². The summed E-state index contributed by atoms with van der Waals surface area (Å²) in [6.45, 7) is 11.2. The van der Waals surface area contributed by atoms with Crippen LogP contribution in [0.4, 0.5) is 0 Å². The van der Waals surface area contributed by atoms with Gasteiger partial charge in [0.05, 0.1) is 0 Å². The van der Waals surface area contributed by atoms with E-state index in [4.69, 9.17) is 0 Å². The van der Waals surface area contributed by atoms with E-state index in [0.717, 1.165) is 5.56 Å². The number of aromatic nitrogens is 2. The summed E-state index contributed by atoms with van der Waals surface area (Å²) in [4.78, 5) is 8.24. The minimum Gasteiger partial charge on any atom is -0.244 e. The normalized spacial score (nSPS) is 11.3. The van der Waals surface area contributed by atoms with Crippen molar-refractivity contribution in [3.8, 4) is 11.1 Å². The van der Waals surface area contributed by atoms with Crippen LogP contribution in [0.15, 0.2) is 30.9 Å². The van der Waals surface area contributed by atoms with E-state index in [0.29, 0.717) is 11.8 Å². The Balaban J connectivity index is 2.63. The van der Waals surface area contributed by atoms with Gasteiger partial charge in [0.1, 0.15) is 6.33 Å². The highest BCUT2D eigenvalue weighted by Gasteiger charge is 2.13. The maximum absolute atomic E-state index is 4.12. The average molecular weight is 254 g/mol. The van der Waals surface area contributed by atoms with Gasteiger partial charge >= 0.3 is 0 Å². The Morgan fingerprint density at radius 1 is 0.789 bits per heavy atom. The molecule has 0 saturated carbocycles. The van der Waals surface area contributed by atoms with Crippen LogP contribution in [0.5, 0.6) is 0 Å². The van der Waals surface area contributed by atoms with Gasteiger partial charge in [0.15, 0.2) is 0 Å². The molecule has 100 valence electrons. The molecule has 2 nitrogen and oxygen atoms in total. The van der Waals surface area contributed by atoms with Crippen molar-refractivity contribution >= 4 is 0 Å². The van der Waals surface area contributed by atoms with Crippen molar-refractivity contribution in [2.45, 2.75) is 46.5 Å². The van der Waals surface area contributed by atoms with Gasteiger partial charge in [-0.15, -0.1) is 0 Å². The molecule has 19 heavy (non-hydrogen) atoms. The van der Waals surface area contributed by atoms with Gasteiger partial charge in [-0.25, -0.2) is 9.97 Å². The first-order chi connectivity index (χ1) is 9.00. The highest BCUT2D eigenvalue weighted by Crippen LogP contribution is 2.32. The fraction of sp³-hybridized carbons (Fsp3) is 0.412. The molecule has 2 heteroatoms. The van der Waals surface area contributed by atoms with E-state index in [2.05, 4.69) is 56.7 Å². The Morgan fingerprint density at radius 3 is 1.68 bits per heavy atom. The van der Waals surface area contributed by atoms with Crippen molar-refractivity contribution < 1.29 is 0 Å². The Kier molecular flexibility index (Phi) is 3.98. The van der Waals surface area contributed by atoms with E-state index in [1.54, 1.807) is 6.33 Å². The summed E-state index contributed by atoms with van der Waals surface area (Å²) < 4.78 is 0. The molecule has 0 radical (unpaired) electrons. The number of hydrogen-bond acceptors (Lipinski definition) is 2. The number of rotatable bonds is 3. The maximum atomic E-state index is 4.12. The first-order valence-corrected chi connectivity index (χ1v) is 6.90. The highest BCUT2D eigenvalue weighted by molar-refractivity contribution is 5.65. The van der Waals surface area contributed by atoms with Crippen molar-refractivity contribution in [3.63, 3.8) is 0 Å². The van der Waals surface area contributed by atoms with Crippen LogP contribution in [-0.2, 0) is 0 Å². The van der Waals surface area contributed by atoms with Gasteiger partial charge in [-0.05, 0) is 41.0 Å². The largest absolute Gasteiger partial charge is 0.244 e. The Bertz CT molecular complexity index is 528. The third-order valence-corrected chi connectivity index (χ3v) is 3.63. The Morgan fingerprint density at radius 2 is 1.26 bits per heavy atom. The van der Waals surface area contributed by atoms with E-state index in [1.165, 1.54) is 22.3 Å². The maximum Gasteiger partial charge on any atom is 0.115 e. The van der Waals surface area contributed by atoms with Gasteiger partial charge in [-0.2, -0.15) is 0 Å². The second-order valence-corrected chi connectivity index (χ2v) is 5.72. The first kappa shape index (κ1) is 13.7. The molecular weight excluding hydrogens is 232 g/mol. The summed E-state index contributed by atoms with van der Waals surface area (Å²) in [6, 6.07) is 4.56. The lowest BCUT2D eigenvalue weighted by molar-refractivity contribution is 0.818. The molecular formula is C17H22N2. The minimum atomic E-state index is 0.530. The zero-order valence-electron chi connectivity index (χ0n) is 12.4. The molecule has 0 spiro atoms. The molecule has 2 aromatic rings. The summed E-state index contributed by atoms with van der Waals surface area (Å²) in [5.41, 5.74) is 6.57. The summed E-state index contributed by atoms with van der Waals surface area (Å²) >= 11 is 0. The van der Waals surface area contributed by atoms with E-state index in [9.17, 15) is 0 Å². The van der Waals surface area contributed by atoms with Gasteiger partial charge in [0.25, 0.3) is 0 Å². The van der Waals surface area contributed by atoms with Gasteiger partial charge in [-0.3, -0.25) is 0 Å². The van der Waals surface area contributed by atoms with E-state index >= 15 is 0 Å². The molecule has 0 aliphatic carbocycles. The van der Waals surface area contributed by atoms with Crippen molar-refractivity contribution in [2.75, 3.05) is 0 Å². The molecule has 0 fully saturated rings. The molecule has 0 saturated heterocycles. The minimum absolute atomic E-state index is 0.530. The quantitative estimate of drug-likeness (QED) is 0.793. The first-order valence-electron chi connectivity index (χ1n) is 6.90. The van der Waals surface area contributed by atoms with Crippen LogP contribution in [0, 0.1) is 6.92 Å². The van der Waals surface area contributed by atoms with Crippen molar-refractivity contribution in [1.82, 2.24) is 9.97 Å². The van der Waals surface area contributed by atoms with Crippen molar-refractivity contribution in [3.05, 3.63) is 47.5 Å². The molecule has 0 unspecified atom stereocenters. The lowest BCUT2D eigenvalue weighted by Crippen LogP contribution is -2.01. The zero-order chi connectivity index (χ0) is 14.0. The van der Waals surface area contributed by atoms with Crippen LogP contribution in [0.2, 0.25) is 0 Å². The molecule has 0 aliphatic rings. The van der Waals surface area contributed by atoms with Crippen LogP contribution in [0.3, 0.4) is 0 Å². The van der Waals surface area contributed by atoms with E-state index in [1.807, 2.05) is 12.4 Å². The third kappa shape index (κ3) is 2.83. The molecule has 1 aromatic carbocycles. The van der Waals surface area contributed by atoms with Gasteiger partial charge in [0.2, 0.25) is 0 Å². The van der Waals surface area contributed by atoms with Gasteiger partial charge in [0, 0.05) is 18.0 Å². The monoisotopic (exact) mass is 254 g/mol. The van der Waals surface area contributed by atoms with Crippen LogP contribution in [0.25, 0.3) is 11.1 Å². The average Bonchev–Trinajstić information content (AvgIpc) is 2.39. The summed E-state index contributed by atoms with van der Waals surface area (Å²) in [7, 11) is 0. The van der Waals surface area contributed by atoms with Crippen LogP contribution < -0.4 is 0 Å². The number of nitrogens with zero attached hydrogens (tertiary/aromatic N) is 2. The molecule has 2 rings (SSSR count). The number of benzene rings is 1. The van der Waals surface area contributed by atoms with Gasteiger partial charge in [-0.1, -0.05) is 39.8 Å². The lowest BCUT2D eigenvalue weighted by atomic mass is 9.86. The van der Waals surface area contributed by atoms with Crippen molar-refractivity contribution in [1.29, 1.82) is 0 Å². The Hall–Kier alpha value is -1.70. The second-order valence-electron chi connectivity index (χ2n) is 5.72. The zero-order valence-corrected chi connectivity index (χ0v) is 12.4. The molecule has 0 bridgehead atoms. The fourth-order valence-electron chi connectivity index (χ4n) is 2.57. The summed E-state index contributed by atoms with van der Waals surface area (Å²) in [6.07, 6.45) is 5.34. The summed E-state index contributed by atoms with van der Waals surface area (Å²) in [5, 5.41) is 0. The Labute approximate surface area is 115 Å². The lowest BCUT2D eigenvalue weighted by Gasteiger charge is -2.19.